The van der Waals surface area contributed by atoms with Crippen molar-refractivity contribution in [3.8, 4) is 5.75 Å². The van der Waals surface area contributed by atoms with Crippen LogP contribution in [0.15, 0.2) is 48.8 Å². The number of rotatable bonds is 4. The van der Waals surface area contributed by atoms with E-state index < -0.39 is 0 Å². The number of benzene rings is 1. The Morgan fingerprint density at radius 1 is 1.22 bits per heavy atom. The van der Waals surface area contributed by atoms with E-state index in [0.717, 1.165) is 5.56 Å². The number of carbonyl (C=O) groups is 1. The third kappa shape index (κ3) is 3.31. The lowest BCUT2D eigenvalue weighted by Gasteiger charge is -2.06. The molecule has 92 valence electrons. The highest BCUT2D eigenvalue weighted by atomic mass is 16.3. The van der Waals surface area contributed by atoms with E-state index in [9.17, 15) is 9.90 Å². The molecule has 0 unspecified atom stereocenters. The van der Waals surface area contributed by atoms with Gasteiger partial charge in [-0.1, -0.05) is 24.3 Å². The van der Waals surface area contributed by atoms with Gasteiger partial charge in [0.25, 0.3) is 0 Å². The minimum Gasteiger partial charge on any atom is -0.508 e. The fourth-order valence-electron chi connectivity index (χ4n) is 1.60. The number of carbonyl (C=O) groups excluding carboxylic acids is 1. The van der Waals surface area contributed by atoms with Crippen LogP contribution in [-0.4, -0.2) is 16.0 Å². The quantitative estimate of drug-likeness (QED) is 0.856. The van der Waals surface area contributed by atoms with E-state index in [1.54, 1.807) is 36.7 Å². The van der Waals surface area contributed by atoms with Crippen LogP contribution in [0.2, 0.25) is 0 Å². The number of aromatic hydroxyl groups is 1. The minimum absolute atomic E-state index is 0.0914. The zero-order valence-electron chi connectivity index (χ0n) is 9.84. The highest BCUT2D eigenvalue weighted by Crippen LogP contribution is 2.14. The Balaban J connectivity index is 1.88. The summed E-state index contributed by atoms with van der Waals surface area (Å²) in [4.78, 5) is 15.6. The van der Waals surface area contributed by atoms with Crippen molar-refractivity contribution in [2.24, 2.45) is 0 Å². The number of phenols is 1. The summed E-state index contributed by atoms with van der Waals surface area (Å²) in [6, 6.07) is 10.6. The number of nitrogens with one attached hydrogen (secondary N) is 1. The molecule has 1 amide bonds. The molecule has 2 rings (SSSR count). The van der Waals surface area contributed by atoms with Crippen LogP contribution in [0.25, 0.3) is 0 Å². The Morgan fingerprint density at radius 2 is 2.06 bits per heavy atom. The molecule has 0 radical (unpaired) electrons. The average Bonchev–Trinajstić information content (AvgIpc) is 2.39. The molecule has 0 fully saturated rings. The standard InChI is InChI=1S/C14H14N2O2/c17-13-6-2-1-5-12(13)10-16-14(18)8-11-4-3-7-15-9-11/h1-7,9,17H,8,10H2,(H,16,18). The average molecular weight is 242 g/mol. The second-order valence-corrected chi connectivity index (χ2v) is 3.94. The summed E-state index contributed by atoms with van der Waals surface area (Å²) < 4.78 is 0. The van der Waals surface area contributed by atoms with Crippen LogP contribution >= 0.6 is 0 Å². The first kappa shape index (κ1) is 12.1. The smallest absolute Gasteiger partial charge is 0.224 e. The SMILES string of the molecule is O=C(Cc1cccnc1)NCc1ccccc1O. The lowest BCUT2D eigenvalue weighted by Crippen LogP contribution is -2.24. The highest BCUT2D eigenvalue weighted by Gasteiger charge is 2.05. The lowest BCUT2D eigenvalue weighted by molar-refractivity contribution is -0.120. The van der Waals surface area contributed by atoms with E-state index in [2.05, 4.69) is 10.3 Å². The van der Waals surface area contributed by atoms with Gasteiger partial charge in [0.1, 0.15) is 5.75 Å². The van der Waals surface area contributed by atoms with Crippen molar-refractivity contribution in [2.45, 2.75) is 13.0 Å². The van der Waals surface area contributed by atoms with Crippen LogP contribution in [0, 0.1) is 0 Å². The largest absolute Gasteiger partial charge is 0.508 e. The Kier molecular flexibility index (Phi) is 3.91. The second-order valence-electron chi connectivity index (χ2n) is 3.94. The van der Waals surface area contributed by atoms with Gasteiger partial charge in [-0.2, -0.15) is 0 Å². The summed E-state index contributed by atoms with van der Waals surface area (Å²) in [5, 5.41) is 12.3. The number of aromatic nitrogens is 1. The number of para-hydroxylation sites is 1. The van der Waals surface area contributed by atoms with Crippen molar-refractivity contribution >= 4 is 5.91 Å². The molecule has 0 atom stereocenters. The Labute approximate surface area is 105 Å². The highest BCUT2D eigenvalue weighted by molar-refractivity contribution is 5.78. The van der Waals surface area contributed by atoms with E-state index >= 15 is 0 Å². The van der Waals surface area contributed by atoms with Crippen LogP contribution in [0.3, 0.4) is 0 Å². The predicted octanol–water partition coefficient (Wildman–Crippen LogP) is 1.65. The molecular formula is C14H14N2O2. The van der Waals surface area contributed by atoms with Gasteiger partial charge < -0.3 is 10.4 Å². The summed E-state index contributed by atoms with van der Waals surface area (Å²) >= 11 is 0. The summed E-state index contributed by atoms with van der Waals surface area (Å²) in [6.45, 7) is 0.325. The Hall–Kier alpha value is -2.36. The topological polar surface area (TPSA) is 62.2 Å². The van der Waals surface area contributed by atoms with Crippen molar-refractivity contribution < 1.29 is 9.90 Å². The molecule has 4 nitrogen and oxygen atoms in total. The van der Waals surface area contributed by atoms with Gasteiger partial charge in [-0.3, -0.25) is 9.78 Å². The molecule has 18 heavy (non-hydrogen) atoms. The van der Waals surface area contributed by atoms with Gasteiger partial charge in [0.05, 0.1) is 6.42 Å². The summed E-state index contributed by atoms with van der Waals surface area (Å²) in [5.41, 5.74) is 1.57. The Morgan fingerprint density at radius 3 is 2.78 bits per heavy atom. The molecule has 1 heterocycles. The normalized spacial score (nSPS) is 10.0. The maximum atomic E-state index is 11.7. The van der Waals surface area contributed by atoms with Gasteiger partial charge in [0.2, 0.25) is 5.91 Å². The van der Waals surface area contributed by atoms with E-state index in [1.165, 1.54) is 0 Å². The maximum Gasteiger partial charge on any atom is 0.224 e. The summed E-state index contributed by atoms with van der Waals surface area (Å²) in [7, 11) is 0. The molecule has 0 aliphatic heterocycles. The van der Waals surface area contributed by atoms with Crippen molar-refractivity contribution in [1.29, 1.82) is 0 Å². The molecule has 0 aliphatic rings. The summed E-state index contributed by atoms with van der Waals surface area (Å²) in [6.07, 6.45) is 3.63. The van der Waals surface area contributed by atoms with Crippen molar-refractivity contribution in [1.82, 2.24) is 10.3 Å². The molecule has 1 aromatic heterocycles. The first-order valence-electron chi connectivity index (χ1n) is 5.68. The molecule has 0 bridgehead atoms. The molecular weight excluding hydrogens is 228 g/mol. The fraction of sp³-hybridized carbons (Fsp3) is 0.143. The van der Waals surface area contributed by atoms with Crippen molar-refractivity contribution in [3.63, 3.8) is 0 Å². The van der Waals surface area contributed by atoms with Crippen LogP contribution in [0.4, 0.5) is 0 Å². The van der Waals surface area contributed by atoms with Crippen molar-refractivity contribution in [2.75, 3.05) is 0 Å². The molecule has 0 saturated carbocycles. The maximum absolute atomic E-state index is 11.7. The third-order valence-corrected chi connectivity index (χ3v) is 2.56. The summed E-state index contributed by atoms with van der Waals surface area (Å²) in [5.74, 6) is 0.102. The number of hydrogen-bond donors (Lipinski definition) is 2. The monoisotopic (exact) mass is 242 g/mol. The zero-order chi connectivity index (χ0) is 12.8. The predicted molar refractivity (Wildman–Crippen MR) is 67.9 cm³/mol. The number of phenolic OH excluding ortho intramolecular Hbond substituents is 1. The van der Waals surface area contributed by atoms with Gasteiger partial charge in [0.15, 0.2) is 0 Å². The molecule has 0 spiro atoms. The van der Waals surface area contributed by atoms with Crippen LogP contribution < -0.4 is 5.32 Å². The van der Waals surface area contributed by atoms with Crippen LogP contribution in [0.5, 0.6) is 5.75 Å². The van der Waals surface area contributed by atoms with Gasteiger partial charge >= 0.3 is 0 Å². The van der Waals surface area contributed by atoms with Crippen molar-refractivity contribution in [3.05, 3.63) is 59.9 Å². The first-order chi connectivity index (χ1) is 8.75. The van der Waals surface area contributed by atoms with Gasteiger partial charge in [-0.25, -0.2) is 0 Å². The number of pyridine rings is 1. The molecule has 2 N–H and O–H groups in total. The molecule has 0 aliphatic carbocycles. The Bertz CT molecular complexity index is 526. The van der Waals surface area contributed by atoms with E-state index in [0.29, 0.717) is 18.5 Å². The first-order valence-corrected chi connectivity index (χ1v) is 5.68. The number of nitrogens with zero attached hydrogens (tertiary/aromatic N) is 1. The van der Waals surface area contributed by atoms with Crippen LogP contribution in [-0.2, 0) is 17.8 Å². The molecule has 0 saturated heterocycles. The molecule has 1 aromatic carbocycles. The zero-order valence-corrected chi connectivity index (χ0v) is 9.84. The second kappa shape index (κ2) is 5.82. The number of amides is 1. The minimum atomic E-state index is -0.0914. The van der Waals surface area contributed by atoms with E-state index in [4.69, 9.17) is 0 Å². The van der Waals surface area contributed by atoms with Gasteiger partial charge in [-0.05, 0) is 17.7 Å². The van der Waals surface area contributed by atoms with Gasteiger partial charge in [0, 0.05) is 24.5 Å². The lowest BCUT2D eigenvalue weighted by atomic mass is 10.2. The van der Waals surface area contributed by atoms with E-state index in [-0.39, 0.29) is 11.7 Å². The number of hydrogen-bond acceptors (Lipinski definition) is 3. The van der Waals surface area contributed by atoms with Crippen LogP contribution in [0.1, 0.15) is 11.1 Å². The molecule has 2 aromatic rings. The van der Waals surface area contributed by atoms with Gasteiger partial charge in [-0.15, -0.1) is 0 Å². The fourth-order valence-corrected chi connectivity index (χ4v) is 1.60. The van der Waals surface area contributed by atoms with E-state index in [1.807, 2.05) is 12.1 Å². The third-order valence-electron chi connectivity index (χ3n) is 2.56. The molecule has 4 heteroatoms.